The van der Waals surface area contributed by atoms with Crippen LogP contribution in [0, 0.1) is 0 Å². The summed E-state index contributed by atoms with van der Waals surface area (Å²) < 4.78 is 5.43. The quantitative estimate of drug-likeness (QED) is 0.718. The predicted octanol–water partition coefficient (Wildman–Crippen LogP) is 3.30. The summed E-state index contributed by atoms with van der Waals surface area (Å²) in [5, 5.41) is 0.655. The van der Waals surface area contributed by atoms with Gasteiger partial charge in [-0.05, 0) is 31.9 Å². The second kappa shape index (κ2) is 4.35. The highest BCUT2D eigenvalue weighted by atomic mass is 16.3. The van der Waals surface area contributed by atoms with Crippen molar-refractivity contribution in [3.63, 3.8) is 0 Å². The van der Waals surface area contributed by atoms with Crippen molar-refractivity contribution in [1.29, 1.82) is 0 Å². The molecule has 1 aromatic carbocycles. The Morgan fingerprint density at radius 1 is 1.31 bits per heavy atom. The van der Waals surface area contributed by atoms with Crippen molar-refractivity contribution in [2.24, 2.45) is 0 Å². The molecule has 0 aliphatic carbocycles. The van der Waals surface area contributed by atoms with E-state index in [1.807, 2.05) is 12.1 Å². The number of hydrogen-bond acceptors (Lipinski definition) is 2. The second-order valence-electron chi connectivity index (χ2n) is 4.06. The predicted molar refractivity (Wildman–Crippen MR) is 65.6 cm³/mol. The standard InChI is InChI=1S/C14H14O2/c1-10(2)6-7-11-4-3-5-12-13(15)8-9-16-14(11)12/h3-6,8-9H,7H2,1-2H3. The van der Waals surface area contributed by atoms with Crippen LogP contribution in [0.25, 0.3) is 11.0 Å². The number of hydrogen-bond donors (Lipinski definition) is 0. The Morgan fingerprint density at radius 2 is 2.12 bits per heavy atom. The topological polar surface area (TPSA) is 30.2 Å². The molecule has 2 rings (SSSR count). The molecule has 0 radical (unpaired) electrons. The van der Waals surface area contributed by atoms with Gasteiger partial charge < -0.3 is 4.42 Å². The SMILES string of the molecule is CC(C)=CCc1cccc2c(=O)ccoc12. The van der Waals surface area contributed by atoms with Crippen LogP contribution < -0.4 is 5.43 Å². The van der Waals surface area contributed by atoms with Gasteiger partial charge in [-0.3, -0.25) is 4.79 Å². The van der Waals surface area contributed by atoms with E-state index in [4.69, 9.17) is 4.42 Å². The minimum Gasteiger partial charge on any atom is -0.464 e. The minimum atomic E-state index is 0.0142. The van der Waals surface area contributed by atoms with Gasteiger partial charge in [0.2, 0.25) is 0 Å². The highest BCUT2D eigenvalue weighted by Crippen LogP contribution is 2.16. The summed E-state index contributed by atoms with van der Waals surface area (Å²) in [6.45, 7) is 4.11. The minimum absolute atomic E-state index is 0.0142. The number of benzene rings is 1. The van der Waals surface area contributed by atoms with E-state index in [0.29, 0.717) is 11.0 Å². The van der Waals surface area contributed by atoms with Crippen LogP contribution in [-0.2, 0) is 6.42 Å². The summed E-state index contributed by atoms with van der Waals surface area (Å²) >= 11 is 0. The fourth-order valence-corrected chi connectivity index (χ4v) is 1.65. The lowest BCUT2D eigenvalue weighted by Gasteiger charge is -2.02. The first kappa shape index (κ1) is 10.7. The summed E-state index contributed by atoms with van der Waals surface area (Å²) in [7, 11) is 0. The van der Waals surface area contributed by atoms with E-state index in [-0.39, 0.29) is 5.43 Å². The van der Waals surface area contributed by atoms with Gasteiger partial charge in [0.15, 0.2) is 5.43 Å². The van der Waals surface area contributed by atoms with Gasteiger partial charge in [-0.15, -0.1) is 0 Å². The molecule has 2 heteroatoms. The Balaban J connectivity index is 2.58. The fourth-order valence-electron chi connectivity index (χ4n) is 1.65. The van der Waals surface area contributed by atoms with Crippen LogP contribution in [0.15, 0.2) is 51.4 Å². The van der Waals surface area contributed by atoms with Gasteiger partial charge in [0.1, 0.15) is 5.58 Å². The van der Waals surface area contributed by atoms with Crippen LogP contribution in [0.1, 0.15) is 19.4 Å². The number of para-hydroxylation sites is 1. The summed E-state index contributed by atoms with van der Waals surface area (Å²) in [5.41, 5.74) is 3.03. The van der Waals surface area contributed by atoms with Gasteiger partial charge in [0.05, 0.1) is 11.6 Å². The molecule has 0 N–H and O–H groups in total. The molecular weight excluding hydrogens is 200 g/mol. The third-order valence-electron chi connectivity index (χ3n) is 2.50. The zero-order chi connectivity index (χ0) is 11.5. The molecule has 0 saturated carbocycles. The summed E-state index contributed by atoms with van der Waals surface area (Å²) in [5.74, 6) is 0. The van der Waals surface area contributed by atoms with Crippen molar-refractivity contribution < 1.29 is 4.42 Å². The van der Waals surface area contributed by atoms with E-state index in [9.17, 15) is 4.79 Å². The van der Waals surface area contributed by atoms with Gasteiger partial charge >= 0.3 is 0 Å². The average Bonchev–Trinajstić information content (AvgIpc) is 2.27. The molecule has 82 valence electrons. The van der Waals surface area contributed by atoms with Crippen LogP contribution in [0.3, 0.4) is 0 Å². The Labute approximate surface area is 94.2 Å². The largest absolute Gasteiger partial charge is 0.464 e. The average molecular weight is 214 g/mol. The zero-order valence-corrected chi connectivity index (χ0v) is 9.49. The number of rotatable bonds is 2. The lowest BCUT2D eigenvalue weighted by atomic mass is 10.1. The van der Waals surface area contributed by atoms with E-state index in [0.717, 1.165) is 12.0 Å². The molecule has 0 aliphatic rings. The molecule has 0 aliphatic heterocycles. The second-order valence-corrected chi connectivity index (χ2v) is 4.06. The Kier molecular flexibility index (Phi) is 2.91. The molecule has 0 bridgehead atoms. The third-order valence-corrected chi connectivity index (χ3v) is 2.50. The summed E-state index contributed by atoms with van der Waals surface area (Å²) in [6, 6.07) is 7.14. The van der Waals surface area contributed by atoms with E-state index >= 15 is 0 Å². The van der Waals surface area contributed by atoms with E-state index in [1.54, 1.807) is 6.07 Å². The van der Waals surface area contributed by atoms with Crippen molar-refractivity contribution in [2.75, 3.05) is 0 Å². The van der Waals surface area contributed by atoms with Crippen LogP contribution in [0.4, 0.5) is 0 Å². The van der Waals surface area contributed by atoms with Crippen molar-refractivity contribution >= 4 is 11.0 Å². The van der Waals surface area contributed by atoms with Gasteiger partial charge in [-0.25, -0.2) is 0 Å². The maximum absolute atomic E-state index is 11.6. The van der Waals surface area contributed by atoms with Gasteiger partial charge in [0.25, 0.3) is 0 Å². The molecule has 0 amide bonds. The smallest absolute Gasteiger partial charge is 0.192 e. The highest BCUT2D eigenvalue weighted by molar-refractivity contribution is 5.79. The molecule has 2 nitrogen and oxygen atoms in total. The molecule has 1 aromatic heterocycles. The van der Waals surface area contributed by atoms with Crippen LogP contribution in [-0.4, -0.2) is 0 Å². The third kappa shape index (κ3) is 2.06. The normalized spacial score (nSPS) is 10.4. The molecule has 0 atom stereocenters. The van der Waals surface area contributed by atoms with Crippen molar-refractivity contribution in [2.45, 2.75) is 20.3 Å². The molecule has 1 heterocycles. The van der Waals surface area contributed by atoms with Crippen LogP contribution in [0.2, 0.25) is 0 Å². The van der Waals surface area contributed by atoms with Crippen LogP contribution in [0.5, 0.6) is 0 Å². The van der Waals surface area contributed by atoms with Crippen LogP contribution >= 0.6 is 0 Å². The Morgan fingerprint density at radius 3 is 2.88 bits per heavy atom. The Hall–Kier alpha value is -1.83. The molecular formula is C14H14O2. The molecule has 0 fully saturated rings. The van der Waals surface area contributed by atoms with Gasteiger partial charge in [-0.2, -0.15) is 0 Å². The summed E-state index contributed by atoms with van der Waals surface area (Å²) in [6.07, 6.45) is 4.38. The van der Waals surface area contributed by atoms with Crippen molar-refractivity contribution in [1.82, 2.24) is 0 Å². The van der Waals surface area contributed by atoms with E-state index in [1.165, 1.54) is 17.9 Å². The van der Waals surface area contributed by atoms with Gasteiger partial charge in [-0.1, -0.05) is 23.8 Å². The fraction of sp³-hybridized carbons (Fsp3) is 0.214. The first-order chi connectivity index (χ1) is 7.68. The van der Waals surface area contributed by atoms with Crippen molar-refractivity contribution in [3.8, 4) is 0 Å². The Bertz CT molecular complexity index is 587. The molecule has 0 saturated heterocycles. The summed E-state index contributed by atoms with van der Waals surface area (Å²) in [4.78, 5) is 11.6. The first-order valence-corrected chi connectivity index (χ1v) is 5.31. The molecule has 16 heavy (non-hydrogen) atoms. The highest BCUT2D eigenvalue weighted by Gasteiger charge is 2.03. The first-order valence-electron chi connectivity index (χ1n) is 5.31. The monoisotopic (exact) mass is 214 g/mol. The lowest BCUT2D eigenvalue weighted by Crippen LogP contribution is -1.99. The zero-order valence-electron chi connectivity index (χ0n) is 9.49. The molecule has 2 aromatic rings. The van der Waals surface area contributed by atoms with Crippen molar-refractivity contribution in [3.05, 3.63) is 58.0 Å². The molecule has 0 unspecified atom stereocenters. The van der Waals surface area contributed by atoms with E-state index < -0.39 is 0 Å². The van der Waals surface area contributed by atoms with E-state index in [2.05, 4.69) is 19.9 Å². The van der Waals surface area contributed by atoms with Gasteiger partial charge in [0, 0.05) is 6.07 Å². The maximum Gasteiger partial charge on any atom is 0.192 e. The lowest BCUT2D eigenvalue weighted by molar-refractivity contribution is 0.599. The maximum atomic E-state index is 11.6. The number of fused-ring (bicyclic) bond motifs is 1. The number of allylic oxidation sites excluding steroid dienone is 2. The molecule has 0 spiro atoms.